The molecule has 0 fully saturated rings. The molecule has 2 aromatic rings. The van der Waals surface area contributed by atoms with Crippen LogP contribution in [-0.4, -0.2) is 21.8 Å². The zero-order valence-electron chi connectivity index (χ0n) is 13.2. The van der Waals surface area contributed by atoms with Crippen molar-refractivity contribution in [2.75, 3.05) is 13.4 Å². The molecule has 0 aliphatic rings. The molecule has 0 saturated carbocycles. The third kappa shape index (κ3) is 3.80. The standard InChI is InChI=1S/C17H20O4S/c1-12(2)14-7-5-6-8-15(14)16-11-13(21-22(4,18)19)9-10-17(16)20-3/h5-12H,1-4H3. The highest BCUT2D eigenvalue weighted by Crippen LogP contribution is 2.37. The molecule has 2 rings (SSSR count). The lowest BCUT2D eigenvalue weighted by atomic mass is 9.92. The van der Waals surface area contributed by atoms with Crippen molar-refractivity contribution in [3.05, 3.63) is 48.0 Å². The van der Waals surface area contributed by atoms with Gasteiger partial charge in [-0.15, -0.1) is 0 Å². The van der Waals surface area contributed by atoms with E-state index in [4.69, 9.17) is 8.92 Å². The van der Waals surface area contributed by atoms with Gasteiger partial charge in [0.15, 0.2) is 0 Å². The highest BCUT2D eigenvalue weighted by atomic mass is 32.2. The smallest absolute Gasteiger partial charge is 0.306 e. The Hall–Kier alpha value is -2.01. The normalized spacial score (nSPS) is 11.5. The molecule has 0 N–H and O–H groups in total. The zero-order valence-corrected chi connectivity index (χ0v) is 14.0. The molecule has 4 nitrogen and oxygen atoms in total. The molecular formula is C17H20O4S. The first-order valence-electron chi connectivity index (χ1n) is 6.98. The molecule has 0 aromatic heterocycles. The molecule has 0 amide bonds. The summed E-state index contributed by atoms with van der Waals surface area (Å²) in [6.45, 7) is 4.23. The van der Waals surface area contributed by atoms with Crippen molar-refractivity contribution in [3.63, 3.8) is 0 Å². The number of hydrogen-bond acceptors (Lipinski definition) is 4. The number of benzene rings is 2. The fourth-order valence-electron chi connectivity index (χ4n) is 2.37. The van der Waals surface area contributed by atoms with Crippen LogP contribution in [0.3, 0.4) is 0 Å². The summed E-state index contributed by atoms with van der Waals surface area (Å²) in [5.41, 5.74) is 2.98. The van der Waals surface area contributed by atoms with E-state index < -0.39 is 10.1 Å². The van der Waals surface area contributed by atoms with Crippen molar-refractivity contribution in [2.24, 2.45) is 0 Å². The van der Waals surface area contributed by atoms with Crippen molar-refractivity contribution in [1.29, 1.82) is 0 Å². The number of methoxy groups -OCH3 is 1. The van der Waals surface area contributed by atoms with Crippen molar-refractivity contribution in [2.45, 2.75) is 19.8 Å². The minimum absolute atomic E-state index is 0.275. The first kappa shape index (κ1) is 16.4. The molecule has 0 spiro atoms. The molecule has 0 heterocycles. The van der Waals surface area contributed by atoms with Gasteiger partial charge in [0.05, 0.1) is 13.4 Å². The summed E-state index contributed by atoms with van der Waals surface area (Å²) in [6.07, 6.45) is 1.03. The second-order valence-electron chi connectivity index (χ2n) is 5.39. The van der Waals surface area contributed by atoms with Crippen LogP contribution in [0.5, 0.6) is 11.5 Å². The first-order valence-corrected chi connectivity index (χ1v) is 8.80. The lowest BCUT2D eigenvalue weighted by Crippen LogP contribution is -2.06. The van der Waals surface area contributed by atoms with E-state index in [-0.39, 0.29) is 5.75 Å². The van der Waals surface area contributed by atoms with Crippen LogP contribution in [0.2, 0.25) is 0 Å². The Morgan fingerprint density at radius 1 is 1.00 bits per heavy atom. The Balaban J connectivity index is 2.60. The molecular weight excluding hydrogens is 300 g/mol. The fraction of sp³-hybridized carbons (Fsp3) is 0.294. The van der Waals surface area contributed by atoms with Gasteiger partial charge in [-0.25, -0.2) is 0 Å². The molecule has 0 atom stereocenters. The largest absolute Gasteiger partial charge is 0.496 e. The molecule has 5 heteroatoms. The number of rotatable bonds is 5. The highest BCUT2D eigenvalue weighted by molar-refractivity contribution is 7.86. The zero-order chi connectivity index (χ0) is 16.3. The molecule has 0 radical (unpaired) electrons. The Morgan fingerprint density at radius 2 is 1.68 bits per heavy atom. The van der Waals surface area contributed by atoms with E-state index in [1.54, 1.807) is 25.3 Å². The van der Waals surface area contributed by atoms with Crippen LogP contribution in [0.25, 0.3) is 11.1 Å². The average Bonchev–Trinajstić information content (AvgIpc) is 2.45. The third-order valence-corrected chi connectivity index (χ3v) is 3.79. The van der Waals surface area contributed by atoms with Gasteiger partial charge in [0.1, 0.15) is 11.5 Å². The van der Waals surface area contributed by atoms with E-state index in [0.29, 0.717) is 11.7 Å². The van der Waals surface area contributed by atoms with Gasteiger partial charge in [0.2, 0.25) is 0 Å². The third-order valence-electron chi connectivity index (χ3n) is 3.29. The number of ether oxygens (including phenoxy) is 1. The van der Waals surface area contributed by atoms with E-state index >= 15 is 0 Å². The summed E-state index contributed by atoms with van der Waals surface area (Å²) in [5.74, 6) is 1.28. The minimum atomic E-state index is -3.56. The molecule has 0 bridgehead atoms. The average molecular weight is 320 g/mol. The van der Waals surface area contributed by atoms with Crippen molar-refractivity contribution >= 4 is 10.1 Å². The maximum atomic E-state index is 11.3. The summed E-state index contributed by atoms with van der Waals surface area (Å²) in [4.78, 5) is 0. The van der Waals surface area contributed by atoms with Gasteiger partial charge >= 0.3 is 10.1 Å². The molecule has 0 aliphatic carbocycles. The lowest BCUT2D eigenvalue weighted by molar-refractivity contribution is 0.415. The first-order chi connectivity index (χ1) is 10.3. The minimum Gasteiger partial charge on any atom is -0.496 e. The summed E-state index contributed by atoms with van der Waals surface area (Å²) >= 11 is 0. The van der Waals surface area contributed by atoms with Crippen molar-refractivity contribution < 1.29 is 17.3 Å². The van der Waals surface area contributed by atoms with Crippen LogP contribution in [0.4, 0.5) is 0 Å². The van der Waals surface area contributed by atoms with Crippen LogP contribution in [0.15, 0.2) is 42.5 Å². The fourth-order valence-corrected chi connectivity index (χ4v) is 2.82. The monoisotopic (exact) mass is 320 g/mol. The van der Waals surface area contributed by atoms with Crippen molar-refractivity contribution in [1.82, 2.24) is 0 Å². The van der Waals surface area contributed by atoms with E-state index in [1.165, 1.54) is 0 Å². The predicted octanol–water partition coefficient (Wildman–Crippen LogP) is 3.82. The van der Waals surface area contributed by atoms with Gasteiger partial charge < -0.3 is 8.92 Å². The van der Waals surface area contributed by atoms with Gasteiger partial charge in [-0.05, 0) is 35.2 Å². The van der Waals surface area contributed by atoms with Gasteiger partial charge in [-0.3, -0.25) is 0 Å². The van der Waals surface area contributed by atoms with Gasteiger partial charge in [0.25, 0.3) is 0 Å². The van der Waals surface area contributed by atoms with E-state index in [2.05, 4.69) is 19.9 Å². The molecule has 2 aromatic carbocycles. The SMILES string of the molecule is COc1ccc(OS(C)(=O)=O)cc1-c1ccccc1C(C)C. The number of hydrogen-bond donors (Lipinski definition) is 0. The van der Waals surface area contributed by atoms with Crippen LogP contribution in [0, 0.1) is 0 Å². The second-order valence-corrected chi connectivity index (χ2v) is 6.97. The molecule has 22 heavy (non-hydrogen) atoms. The summed E-state index contributed by atoms with van der Waals surface area (Å²) in [7, 11) is -1.97. The highest BCUT2D eigenvalue weighted by Gasteiger charge is 2.15. The Labute approximate surface area is 131 Å². The van der Waals surface area contributed by atoms with E-state index in [9.17, 15) is 8.42 Å². The Kier molecular flexibility index (Phi) is 4.76. The van der Waals surface area contributed by atoms with Gasteiger partial charge in [-0.1, -0.05) is 38.1 Å². The van der Waals surface area contributed by atoms with Gasteiger partial charge in [-0.2, -0.15) is 8.42 Å². The second kappa shape index (κ2) is 6.40. The Morgan fingerprint density at radius 3 is 2.27 bits per heavy atom. The molecule has 0 saturated heterocycles. The quantitative estimate of drug-likeness (QED) is 0.786. The van der Waals surface area contributed by atoms with Crippen LogP contribution < -0.4 is 8.92 Å². The summed E-state index contributed by atoms with van der Waals surface area (Å²) in [5, 5.41) is 0. The van der Waals surface area contributed by atoms with Gasteiger partial charge in [0, 0.05) is 5.56 Å². The van der Waals surface area contributed by atoms with Crippen LogP contribution >= 0.6 is 0 Å². The molecule has 118 valence electrons. The Bertz CT molecular complexity index is 764. The van der Waals surface area contributed by atoms with E-state index in [1.807, 2.05) is 18.2 Å². The van der Waals surface area contributed by atoms with Crippen molar-refractivity contribution in [3.8, 4) is 22.6 Å². The maximum absolute atomic E-state index is 11.3. The van der Waals surface area contributed by atoms with Crippen LogP contribution in [0.1, 0.15) is 25.3 Å². The van der Waals surface area contributed by atoms with Crippen LogP contribution in [-0.2, 0) is 10.1 Å². The lowest BCUT2D eigenvalue weighted by Gasteiger charge is -2.16. The summed E-state index contributed by atoms with van der Waals surface area (Å²) < 4.78 is 33.0. The summed E-state index contributed by atoms with van der Waals surface area (Å²) in [6, 6.07) is 13.0. The topological polar surface area (TPSA) is 52.6 Å². The molecule has 0 unspecified atom stereocenters. The predicted molar refractivity (Wildman–Crippen MR) is 88.0 cm³/mol. The maximum Gasteiger partial charge on any atom is 0.306 e. The molecule has 0 aliphatic heterocycles. The van der Waals surface area contributed by atoms with E-state index in [0.717, 1.165) is 22.9 Å².